The Bertz CT molecular complexity index is 630. The van der Waals surface area contributed by atoms with Gasteiger partial charge >= 0.3 is 10.2 Å². The van der Waals surface area contributed by atoms with Crippen molar-refractivity contribution >= 4 is 33.1 Å². The maximum Gasteiger partial charge on any atom is 0.308 e. The molecule has 0 spiro atoms. The standard InChI is InChI=1S/C9H10ClN3O2S2/c1-12(2)17(14,15)13-6-11-5-7(13)8-3-4-9(10)16-8/h3-6H,1-2H3. The molecule has 2 aromatic heterocycles. The molecule has 2 heterocycles. The van der Waals surface area contributed by atoms with Gasteiger partial charge in [0.1, 0.15) is 6.33 Å². The number of halogens is 1. The Morgan fingerprint density at radius 3 is 2.65 bits per heavy atom. The van der Waals surface area contributed by atoms with Crippen LogP contribution in [0, 0.1) is 0 Å². The molecule has 0 amide bonds. The van der Waals surface area contributed by atoms with Crippen LogP contribution >= 0.6 is 22.9 Å². The Morgan fingerprint density at radius 2 is 2.12 bits per heavy atom. The SMILES string of the molecule is CN(C)S(=O)(=O)n1cncc1-c1ccc(Cl)s1. The van der Waals surface area contributed by atoms with E-state index in [0.29, 0.717) is 10.0 Å². The van der Waals surface area contributed by atoms with E-state index in [1.165, 1.54) is 38.0 Å². The van der Waals surface area contributed by atoms with Crippen molar-refractivity contribution in [1.82, 2.24) is 13.3 Å². The van der Waals surface area contributed by atoms with E-state index in [4.69, 9.17) is 11.6 Å². The summed E-state index contributed by atoms with van der Waals surface area (Å²) in [6.45, 7) is 0. The van der Waals surface area contributed by atoms with Gasteiger partial charge in [0, 0.05) is 14.1 Å². The van der Waals surface area contributed by atoms with Crippen molar-refractivity contribution < 1.29 is 8.42 Å². The van der Waals surface area contributed by atoms with Crippen molar-refractivity contribution in [2.75, 3.05) is 14.1 Å². The molecular formula is C9H10ClN3O2S2. The van der Waals surface area contributed by atoms with Gasteiger partial charge in [0.25, 0.3) is 0 Å². The molecule has 0 aliphatic carbocycles. The quantitative estimate of drug-likeness (QED) is 0.868. The lowest BCUT2D eigenvalue weighted by molar-refractivity contribution is 0.511. The van der Waals surface area contributed by atoms with Gasteiger partial charge in [-0.05, 0) is 12.1 Å². The monoisotopic (exact) mass is 291 g/mol. The predicted molar refractivity (Wildman–Crippen MR) is 68.6 cm³/mol. The number of aromatic nitrogens is 2. The summed E-state index contributed by atoms with van der Waals surface area (Å²) in [6, 6.07) is 3.49. The number of imidazole rings is 1. The van der Waals surface area contributed by atoms with Crippen LogP contribution in [0.5, 0.6) is 0 Å². The summed E-state index contributed by atoms with van der Waals surface area (Å²) >= 11 is 7.14. The minimum absolute atomic E-state index is 0.510. The lowest BCUT2D eigenvalue weighted by Crippen LogP contribution is -2.28. The average Bonchev–Trinajstić information content (AvgIpc) is 2.84. The molecule has 0 radical (unpaired) electrons. The highest BCUT2D eigenvalue weighted by Crippen LogP contribution is 2.31. The molecule has 0 atom stereocenters. The number of nitrogens with zero attached hydrogens (tertiary/aromatic N) is 3. The Kier molecular flexibility index (Phi) is 3.26. The van der Waals surface area contributed by atoms with Gasteiger partial charge in [0.2, 0.25) is 0 Å². The van der Waals surface area contributed by atoms with Crippen LogP contribution < -0.4 is 0 Å². The van der Waals surface area contributed by atoms with Gasteiger partial charge in [-0.1, -0.05) is 11.6 Å². The number of hydrogen-bond acceptors (Lipinski definition) is 4. The summed E-state index contributed by atoms with van der Waals surface area (Å²) in [6.07, 6.45) is 2.78. The van der Waals surface area contributed by atoms with Crippen LogP contribution in [0.2, 0.25) is 4.34 Å². The molecule has 2 aromatic rings. The maximum atomic E-state index is 12.0. The molecule has 0 aromatic carbocycles. The summed E-state index contributed by atoms with van der Waals surface area (Å²) in [5.41, 5.74) is 0.510. The van der Waals surface area contributed by atoms with Crippen molar-refractivity contribution in [1.29, 1.82) is 0 Å². The van der Waals surface area contributed by atoms with Crippen molar-refractivity contribution in [3.05, 3.63) is 29.0 Å². The second-order valence-corrected chi connectivity index (χ2v) is 7.20. The predicted octanol–water partition coefficient (Wildman–Crippen LogP) is 1.92. The van der Waals surface area contributed by atoms with Crippen LogP contribution in [-0.4, -0.2) is 35.8 Å². The molecule has 0 fully saturated rings. The molecule has 0 aliphatic rings. The zero-order chi connectivity index (χ0) is 12.6. The first-order chi connectivity index (χ1) is 7.93. The maximum absolute atomic E-state index is 12.0. The van der Waals surface area contributed by atoms with E-state index in [1.807, 2.05) is 0 Å². The van der Waals surface area contributed by atoms with E-state index in [-0.39, 0.29) is 0 Å². The van der Waals surface area contributed by atoms with E-state index < -0.39 is 10.2 Å². The molecule has 0 unspecified atom stereocenters. The molecular weight excluding hydrogens is 282 g/mol. The van der Waals surface area contributed by atoms with E-state index in [0.717, 1.165) is 13.2 Å². The Hall–Kier alpha value is -0.890. The summed E-state index contributed by atoms with van der Waals surface area (Å²) < 4.78 is 26.9. The first-order valence-corrected chi connectivity index (χ1v) is 7.23. The Labute approximate surface area is 108 Å². The minimum atomic E-state index is -3.55. The zero-order valence-electron chi connectivity index (χ0n) is 9.16. The van der Waals surface area contributed by atoms with Crippen molar-refractivity contribution in [2.24, 2.45) is 0 Å². The number of rotatable bonds is 3. The lowest BCUT2D eigenvalue weighted by Gasteiger charge is -2.13. The molecule has 5 nitrogen and oxygen atoms in total. The van der Waals surface area contributed by atoms with Crippen molar-refractivity contribution in [3.8, 4) is 10.6 Å². The third-order valence-electron chi connectivity index (χ3n) is 2.14. The van der Waals surface area contributed by atoms with Crippen LogP contribution in [0.4, 0.5) is 0 Å². The first-order valence-electron chi connectivity index (χ1n) is 4.64. The second-order valence-electron chi connectivity index (χ2n) is 3.47. The molecule has 0 saturated heterocycles. The van der Waals surface area contributed by atoms with Gasteiger partial charge in [0.05, 0.1) is 21.1 Å². The van der Waals surface area contributed by atoms with Crippen LogP contribution in [0.25, 0.3) is 10.6 Å². The van der Waals surface area contributed by atoms with E-state index >= 15 is 0 Å². The molecule has 92 valence electrons. The van der Waals surface area contributed by atoms with Crippen LogP contribution in [0.1, 0.15) is 0 Å². The van der Waals surface area contributed by atoms with Gasteiger partial charge in [-0.3, -0.25) is 0 Å². The molecule has 0 saturated carbocycles. The van der Waals surface area contributed by atoms with Crippen LogP contribution in [0.3, 0.4) is 0 Å². The fourth-order valence-electron chi connectivity index (χ4n) is 1.27. The van der Waals surface area contributed by atoms with Gasteiger partial charge < -0.3 is 0 Å². The van der Waals surface area contributed by atoms with E-state index in [2.05, 4.69) is 4.98 Å². The van der Waals surface area contributed by atoms with E-state index in [1.54, 1.807) is 12.1 Å². The van der Waals surface area contributed by atoms with Crippen LogP contribution in [0.15, 0.2) is 24.7 Å². The van der Waals surface area contributed by atoms with E-state index in [9.17, 15) is 8.42 Å². The van der Waals surface area contributed by atoms with Crippen molar-refractivity contribution in [3.63, 3.8) is 0 Å². The molecule has 17 heavy (non-hydrogen) atoms. The highest BCUT2D eigenvalue weighted by molar-refractivity contribution is 7.87. The summed E-state index contributed by atoms with van der Waals surface area (Å²) in [5.74, 6) is 0. The average molecular weight is 292 g/mol. The fraction of sp³-hybridized carbons (Fsp3) is 0.222. The third-order valence-corrected chi connectivity index (χ3v) is 5.11. The zero-order valence-corrected chi connectivity index (χ0v) is 11.6. The van der Waals surface area contributed by atoms with Gasteiger partial charge in [-0.2, -0.15) is 12.7 Å². The van der Waals surface area contributed by atoms with Gasteiger partial charge in [-0.25, -0.2) is 8.96 Å². The Balaban J connectivity index is 2.57. The normalized spacial score (nSPS) is 12.2. The largest absolute Gasteiger partial charge is 0.308 e. The molecule has 0 bridgehead atoms. The van der Waals surface area contributed by atoms with Gasteiger partial charge in [0.15, 0.2) is 0 Å². The molecule has 0 aliphatic heterocycles. The van der Waals surface area contributed by atoms with Crippen molar-refractivity contribution in [2.45, 2.75) is 0 Å². The number of thiophene rings is 1. The lowest BCUT2D eigenvalue weighted by atomic mass is 10.4. The molecule has 2 rings (SSSR count). The molecule has 0 N–H and O–H groups in total. The third kappa shape index (κ3) is 2.23. The summed E-state index contributed by atoms with van der Waals surface area (Å²) in [5, 5.41) is 0. The topological polar surface area (TPSA) is 55.2 Å². The fourth-order valence-corrected chi connectivity index (χ4v) is 3.30. The Morgan fingerprint density at radius 1 is 1.41 bits per heavy atom. The highest BCUT2D eigenvalue weighted by atomic mass is 35.5. The smallest absolute Gasteiger partial charge is 0.243 e. The minimum Gasteiger partial charge on any atom is -0.243 e. The first kappa shape index (κ1) is 12.6. The van der Waals surface area contributed by atoms with Gasteiger partial charge in [-0.15, -0.1) is 11.3 Å². The highest BCUT2D eigenvalue weighted by Gasteiger charge is 2.21. The molecule has 8 heteroatoms. The summed E-state index contributed by atoms with van der Waals surface area (Å²) in [4.78, 5) is 4.64. The number of hydrogen-bond donors (Lipinski definition) is 0. The summed E-state index contributed by atoms with van der Waals surface area (Å²) in [7, 11) is -0.607. The second kappa shape index (κ2) is 4.41. The van der Waals surface area contributed by atoms with Crippen LogP contribution in [-0.2, 0) is 10.2 Å².